The Balaban J connectivity index is 1.53. The van der Waals surface area contributed by atoms with Crippen LogP contribution in [0.25, 0.3) is 0 Å². The summed E-state index contributed by atoms with van der Waals surface area (Å²) in [5, 5.41) is 3.59. The van der Waals surface area contributed by atoms with Crippen molar-refractivity contribution in [2.24, 2.45) is 11.7 Å². The second-order valence-corrected chi connectivity index (χ2v) is 4.76. The quantitative estimate of drug-likeness (QED) is 0.648. The third-order valence-corrected chi connectivity index (χ3v) is 3.38. The summed E-state index contributed by atoms with van der Waals surface area (Å²) in [6.45, 7) is 5.68. The minimum atomic E-state index is 0.813. The van der Waals surface area contributed by atoms with E-state index in [0.717, 1.165) is 25.0 Å². The van der Waals surface area contributed by atoms with Crippen LogP contribution in [0.5, 0.6) is 0 Å². The smallest absolute Gasteiger partial charge is 0.0105 e. The Morgan fingerprint density at radius 1 is 1.29 bits per heavy atom. The Bertz CT molecular complexity index is 168. The summed E-state index contributed by atoms with van der Waals surface area (Å²) in [6, 6.07) is 0.872. The van der Waals surface area contributed by atoms with Crippen LogP contribution in [-0.4, -0.2) is 43.7 Å². The number of rotatable bonds is 6. The molecule has 1 heterocycles. The highest BCUT2D eigenvalue weighted by molar-refractivity contribution is 4.82. The Morgan fingerprint density at radius 3 is 2.86 bits per heavy atom. The van der Waals surface area contributed by atoms with Gasteiger partial charge in [-0.05, 0) is 44.7 Å². The van der Waals surface area contributed by atoms with E-state index >= 15 is 0 Å². The monoisotopic (exact) mass is 197 g/mol. The third kappa shape index (κ3) is 3.23. The molecular formula is C11H23N3. The molecule has 0 aromatic carbocycles. The maximum atomic E-state index is 5.55. The molecule has 0 amide bonds. The first-order valence-corrected chi connectivity index (χ1v) is 6.04. The van der Waals surface area contributed by atoms with Crippen molar-refractivity contribution in [1.29, 1.82) is 0 Å². The fourth-order valence-electron chi connectivity index (χ4n) is 2.31. The van der Waals surface area contributed by atoms with E-state index in [0.29, 0.717) is 0 Å². The Kier molecular flexibility index (Phi) is 3.79. The van der Waals surface area contributed by atoms with Crippen LogP contribution >= 0.6 is 0 Å². The van der Waals surface area contributed by atoms with Crippen LogP contribution in [-0.2, 0) is 0 Å². The van der Waals surface area contributed by atoms with Crippen molar-refractivity contribution in [3.05, 3.63) is 0 Å². The molecule has 0 bridgehead atoms. The molecule has 0 spiro atoms. The fourth-order valence-corrected chi connectivity index (χ4v) is 2.31. The summed E-state index contributed by atoms with van der Waals surface area (Å²) in [7, 11) is 0. The molecule has 82 valence electrons. The molecule has 3 N–H and O–H groups in total. The SMILES string of the molecule is NCCN1CCC(CCNC2CC2)C1. The van der Waals surface area contributed by atoms with Crippen molar-refractivity contribution < 1.29 is 0 Å². The van der Waals surface area contributed by atoms with E-state index in [2.05, 4.69) is 10.2 Å². The van der Waals surface area contributed by atoms with E-state index in [1.54, 1.807) is 0 Å². The van der Waals surface area contributed by atoms with E-state index in [-0.39, 0.29) is 0 Å². The highest BCUT2D eigenvalue weighted by Crippen LogP contribution is 2.21. The van der Waals surface area contributed by atoms with Gasteiger partial charge in [0.2, 0.25) is 0 Å². The normalized spacial score (nSPS) is 28.5. The maximum absolute atomic E-state index is 5.55. The molecular weight excluding hydrogens is 174 g/mol. The zero-order chi connectivity index (χ0) is 9.80. The van der Waals surface area contributed by atoms with Crippen molar-refractivity contribution >= 4 is 0 Å². The molecule has 2 rings (SSSR count). The molecule has 3 nitrogen and oxygen atoms in total. The molecule has 2 fully saturated rings. The first-order valence-electron chi connectivity index (χ1n) is 6.04. The van der Waals surface area contributed by atoms with Crippen LogP contribution in [0.3, 0.4) is 0 Å². The number of hydrogen-bond acceptors (Lipinski definition) is 3. The molecule has 1 saturated carbocycles. The van der Waals surface area contributed by atoms with Gasteiger partial charge in [-0.2, -0.15) is 0 Å². The van der Waals surface area contributed by atoms with Crippen molar-refractivity contribution in [1.82, 2.24) is 10.2 Å². The lowest BCUT2D eigenvalue weighted by Gasteiger charge is -2.14. The largest absolute Gasteiger partial charge is 0.329 e. The lowest BCUT2D eigenvalue weighted by Crippen LogP contribution is -2.28. The second kappa shape index (κ2) is 5.10. The van der Waals surface area contributed by atoms with Crippen LogP contribution in [0.15, 0.2) is 0 Å². The number of hydrogen-bond donors (Lipinski definition) is 2. The van der Waals surface area contributed by atoms with Crippen LogP contribution in [0.2, 0.25) is 0 Å². The van der Waals surface area contributed by atoms with E-state index in [4.69, 9.17) is 5.73 Å². The van der Waals surface area contributed by atoms with Crippen LogP contribution in [0.4, 0.5) is 0 Å². The molecule has 1 atom stereocenters. The molecule has 1 unspecified atom stereocenters. The lowest BCUT2D eigenvalue weighted by molar-refractivity contribution is 0.328. The predicted octanol–water partition coefficient (Wildman–Crippen LogP) is 0.409. The average Bonchev–Trinajstić information content (AvgIpc) is 2.88. The summed E-state index contributed by atoms with van der Waals surface area (Å²) in [5.41, 5.74) is 5.55. The molecule has 1 aliphatic heterocycles. The van der Waals surface area contributed by atoms with Gasteiger partial charge in [-0.25, -0.2) is 0 Å². The predicted molar refractivity (Wildman–Crippen MR) is 59.2 cm³/mol. The molecule has 0 radical (unpaired) electrons. The van der Waals surface area contributed by atoms with Gasteiger partial charge in [0.25, 0.3) is 0 Å². The summed E-state index contributed by atoms with van der Waals surface area (Å²) in [4.78, 5) is 2.50. The van der Waals surface area contributed by atoms with E-state index in [9.17, 15) is 0 Å². The highest BCUT2D eigenvalue weighted by atomic mass is 15.1. The summed E-state index contributed by atoms with van der Waals surface area (Å²) in [6.07, 6.45) is 5.55. The highest BCUT2D eigenvalue weighted by Gasteiger charge is 2.23. The number of nitrogens with zero attached hydrogens (tertiary/aromatic N) is 1. The average molecular weight is 197 g/mol. The Morgan fingerprint density at radius 2 is 2.14 bits per heavy atom. The van der Waals surface area contributed by atoms with Gasteiger partial charge < -0.3 is 16.0 Å². The minimum Gasteiger partial charge on any atom is -0.329 e. The van der Waals surface area contributed by atoms with Crippen LogP contribution in [0.1, 0.15) is 25.7 Å². The molecule has 1 saturated heterocycles. The Hall–Kier alpha value is -0.120. The van der Waals surface area contributed by atoms with Gasteiger partial charge in [-0.3, -0.25) is 0 Å². The summed E-state index contributed by atoms with van der Waals surface area (Å²) < 4.78 is 0. The zero-order valence-corrected chi connectivity index (χ0v) is 9.04. The number of nitrogens with two attached hydrogens (primary N) is 1. The standard InChI is InChI=1S/C11H23N3/c12-5-8-14-7-4-10(9-14)3-6-13-11-1-2-11/h10-11,13H,1-9,12H2. The zero-order valence-electron chi connectivity index (χ0n) is 9.04. The van der Waals surface area contributed by atoms with Gasteiger partial charge in [-0.15, -0.1) is 0 Å². The lowest BCUT2D eigenvalue weighted by atomic mass is 10.1. The van der Waals surface area contributed by atoms with Crippen molar-refractivity contribution in [2.75, 3.05) is 32.7 Å². The fraction of sp³-hybridized carbons (Fsp3) is 1.00. The number of nitrogens with one attached hydrogen (secondary N) is 1. The van der Waals surface area contributed by atoms with E-state index in [1.807, 2.05) is 0 Å². The second-order valence-electron chi connectivity index (χ2n) is 4.76. The van der Waals surface area contributed by atoms with E-state index < -0.39 is 0 Å². The van der Waals surface area contributed by atoms with Crippen LogP contribution < -0.4 is 11.1 Å². The van der Waals surface area contributed by atoms with E-state index in [1.165, 1.54) is 45.3 Å². The first-order chi connectivity index (χ1) is 6.88. The first kappa shape index (κ1) is 10.4. The third-order valence-electron chi connectivity index (χ3n) is 3.38. The van der Waals surface area contributed by atoms with Gasteiger partial charge in [-0.1, -0.05) is 0 Å². The van der Waals surface area contributed by atoms with Crippen LogP contribution in [0, 0.1) is 5.92 Å². The van der Waals surface area contributed by atoms with Crippen molar-refractivity contribution in [3.8, 4) is 0 Å². The van der Waals surface area contributed by atoms with Gasteiger partial charge >= 0.3 is 0 Å². The molecule has 14 heavy (non-hydrogen) atoms. The summed E-state index contributed by atoms with van der Waals surface area (Å²) >= 11 is 0. The van der Waals surface area contributed by atoms with Crippen molar-refractivity contribution in [2.45, 2.75) is 31.7 Å². The Labute approximate surface area is 87.0 Å². The number of likely N-dealkylation sites (tertiary alicyclic amines) is 1. The van der Waals surface area contributed by atoms with Gasteiger partial charge in [0, 0.05) is 25.7 Å². The maximum Gasteiger partial charge on any atom is 0.0105 e. The minimum absolute atomic E-state index is 0.813. The topological polar surface area (TPSA) is 41.3 Å². The molecule has 0 aromatic rings. The molecule has 2 aliphatic rings. The van der Waals surface area contributed by atoms with Gasteiger partial charge in [0.05, 0.1) is 0 Å². The van der Waals surface area contributed by atoms with Crippen molar-refractivity contribution in [3.63, 3.8) is 0 Å². The molecule has 0 aromatic heterocycles. The summed E-state index contributed by atoms with van der Waals surface area (Å²) in [5.74, 6) is 0.924. The van der Waals surface area contributed by atoms with Gasteiger partial charge in [0.1, 0.15) is 0 Å². The van der Waals surface area contributed by atoms with Gasteiger partial charge in [0.15, 0.2) is 0 Å². The molecule has 1 aliphatic carbocycles. The molecule has 3 heteroatoms.